The van der Waals surface area contributed by atoms with Crippen LogP contribution < -0.4 is 0 Å². The molecule has 0 spiro atoms. The topological polar surface area (TPSA) is 25.8 Å². The SMILES string of the molecule is FC(F)(F)C(F)(F)C(F)(F)c1cc2nc3c4ccccc4c4ccccc4c3nc2cc1C(F)(F)C(F)(F)C(F)(F)F. The number of fused-ring (bicyclic) bond motifs is 7. The van der Waals surface area contributed by atoms with Gasteiger partial charge in [0.25, 0.3) is 0 Å². The number of nitrogens with zero attached hydrogens (tertiary/aromatic N) is 2. The molecule has 5 aromatic rings. The van der Waals surface area contributed by atoms with Crippen molar-refractivity contribution >= 4 is 43.6 Å². The highest BCUT2D eigenvalue weighted by Gasteiger charge is 2.78. The van der Waals surface area contributed by atoms with Gasteiger partial charge in [-0.15, -0.1) is 0 Å². The first-order valence-corrected chi connectivity index (χ1v) is 11.3. The minimum atomic E-state index is -7.20. The van der Waals surface area contributed by atoms with Gasteiger partial charge < -0.3 is 0 Å². The number of halogens is 14. The lowest BCUT2D eigenvalue weighted by Gasteiger charge is -2.34. The minimum Gasteiger partial charge on any atom is -0.244 e. The zero-order valence-electron chi connectivity index (χ0n) is 20.0. The molecule has 0 saturated carbocycles. The molecule has 222 valence electrons. The van der Waals surface area contributed by atoms with Crippen LogP contribution in [-0.4, -0.2) is 34.2 Å². The summed E-state index contributed by atoms with van der Waals surface area (Å²) in [6.45, 7) is 0. The van der Waals surface area contributed by atoms with Crippen LogP contribution in [0, 0.1) is 0 Å². The molecule has 0 saturated heterocycles. The van der Waals surface area contributed by atoms with Gasteiger partial charge in [-0.1, -0.05) is 48.5 Å². The molecule has 0 unspecified atom stereocenters. The van der Waals surface area contributed by atoms with Gasteiger partial charge in [-0.3, -0.25) is 0 Å². The van der Waals surface area contributed by atoms with E-state index in [1.807, 2.05) is 0 Å². The van der Waals surface area contributed by atoms with Crippen molar-refractivity contribution < 1.29 is 61.5 Å². The van der Waals surface area contributed by atoms with Gasteiger partial charge in [0.2, 0.25) is 0 Å². The van der Waals surface area contributed by atoms with E-state index in [2.05, 4.69) is 9.97 Å². The van der Waals surface area contributed by atoms with E-state index in [0.29, 0.717) is 10.8 Å². The van der Waals surface area contributed by atoms with E-state index in [1.54, 1.807) is 24.3 Å². The summed E-state index contributed by atoms with van der Waals surface area (Å²) < 4.78 is 193. The lowest BCUT2D eigenvalue weighted by atomic mass is 9.89. The van der Waals surface area contributed by atoms with Gasteiger partial charge in [0.1, 0.15) is 0 Å². The third kappa shape index (κ3) is 3.93. The van der Waals surface area contributed by atoms with Crippen molar-refractivity contribution in [2.45, 2.75) is 36.0 Å². The smallest absolute Gasteiger partial charge is 0.244 e. The Labute approximate surface area is 223 Å². The number of hydrogen-bond acceptors (Lipinski definition) is 2. The summed E-state index contributed by atoms with van der Waals surface area (Å²) >= 11 is 0. The maximum absolute atomic E-state index is 14.8. The van der Waals surface area contributed by atoms with E-state index in [0.717, 1.165) is 0 Å². The van der Waals surface area contributed by atoms with Crippen LogP contribution in [0.15, 0.2) is 60.7 Å². The molecule has 0 fully saturated rings. The van der Waals surface area contributed by atoms with Crippen molar-refractivity contribution in [3.05, 3.63) is 71.8 Å². The molecular formula is C26H10F14N2. The van der Waals surface area contributed by atoms with E-state index >= 15 is 0 Å². The quantitative estimate of drug-likeness (QED) is 0.114. The Kier molecular flexibility index (Phi) is 6.16. The molecular weight excluding hydrogens is 606 g/mol. The van der Waals surface area contributed by atoms with E-state index in [1.165, 1.54) is 24.3 Å². The van der Waals surface area contributed by atoms with Gasteiger partial charge in [0, 0.05) is 21.9 Å². The molecule has 2 nitrogen and oxygen atoms in total. The number of rotatable bonds is 4. The highest BCUT2D eigenvalue weighted by Crippen LogP contribution is 2.58. The van der Waals surface area contributed by atoms with Gasteiger partial charge in [-0.2, -0.15) is 61.5 Å². The molecule has 0 aliphatic carbocycles. The fraction of sp³-hybridized carbons (Fsp3) is 0.231. The first-order valence-electron chi connectivity index (χ1n) is 11.3. The van der Waals surface area contributed by atoms with Gasteiger partial charge in [0.15, 0.2) is 0 Å². The van der Waals surface area contributed by atoms with Crippen molar-refractivity contribution in [1.29, 1.82) is 0 Å². The highest BCUT2D eigenvalue weighted by molar-refractivity contribution is 6.23. The van der Waals surface area contributed by atoms with Crippen molar-refractivity contribution in [3.63, 3.8) is 0 Å². The highest BCUT2D eigenvalue weighted by atomic mass is 19.4. The van der Waals surface area contributed by atoms with Crippen LogP contribution in [0.2, 0.25) is 0 Å². The standard InChI is InChI=1S/C26H10F14N2/c27-21(28,23(31,32)25(35,36)37)15-9-17-18(10-16(15)22(29,30)24(33,34)26(38,39)40)42-20-14-8-4-2-6-12(14)11-5-1-3-7-13(11)19(20)41-17/h1-10H. The van der Waals surface area contributed by atoms with Crippen LogP contribution in [0.1, 0.15) is 11.1 Å². The molecule has 0 amide bonds. The summed E-state index contributed by atoms with van der Waals surface area (Å²) in [5, 5.41) is 1.40. The Morgan fingerprint density at radius 2 is 0.690 bits per heavy atom. The summed E-state index contributed by atoms with van der Waals surface area (Å²) in [5.74, 6) is -27.9. The normalized spacial score (nSPS) is 14.4. The Balaban J connectivity index is 1.96. The van der Waals surface area contributed by atoms with Crippen molar-refractivity contribution in [1.82, 2.24) is 9.97 Å². The Hall–Kier alpha value is -3.98. The molecule has 1 aromatic heterocycles. The number of aromatic nitrogens is 2. The molecule has 1 heterocycles. The predicted molar refractivity (Wildman–Crippen MR) is 122 cm³/mol. The molecule has 0 aliphatic rings. The molecule has 0 bridgehead atoms. The average Bonchev–Trinajstić information content (AvgIpc) is 2.90. The zero-order chi connectivity index (χ0) is 31.3. The van der Waals surface area contributed by atoms with Gasteiger partial charge in [-0.25, -0.2) is 9.97 Å². The van der Waals surface area contributed by atoms with E-state index < -0.39 is 70.3 Å². The summed E-state index contributed by atoms with van der Waals surface area (Å²) in [7, 11) is 0. The first kappa shape index (κ1) is 29.5. The van der Waals surface area contributed by atoms with Crippen molar-refractivity contribution in [3.8, 4) is 0 Å². The van der Waals surface area contributed by atoms with Crippen molar-refractivity contribution in [2.24, 2.45) is 0 Å². The van der Waals surface area contributed by atoms with Crippen LogP contribution in [0.4, 0.5) is 61.5 Å². The van der Waals surface area contributed by atoms with Gasteiger partial charge in [-0.05, 0) is 22.9 Å². The Morgan fingerprint density at radius 1 is 0.405 bits per heavy atom. The van der Waals surface area contributed by atoms with E-state index in [4.69, 9.17) is 0 Å². The monoisotopic (exact) mass is 616 g/mol. The average molecular weight is 616 g/mol. The number of alkyl halides is 14. The van der Waals surface area contributed by atoms with Gasteiger partial charge in [0.05, 0.1) is 22.1 Å². The van der Waals surface area contributed by atoms with Crippen LogP contribution in [-0.2, 0) is 11.8 Å². The summed E-state index contributed by atoms with van der Waals surface area (Å²) in [4.78, 5) is 7.86. The second-order valence-electron chi connectivity index (χ2n) is 9.19. The summed E-state index contributed by atoms with van der Waals surface area (Å²) in [5.41, 5.74) is -8.80. The van der Waals surface area contributed by atoms with Crippen LogP contribution >= 0.6 is 0 Å². The van der Waals surface area contributed by atoms with Crippen LogP contribution in [0.25, 0.3) is 43.6 Å². The largest absolute Gasteiger partial charge is 0.460 e. The maximum Gasteiger partial charge on any atom is 0.460 e. The summed E-state index contributed by atoms with van der Waals surface area (Å²) in [6.07, 6.45) is -14.3. The van der Waals surface area contributed by atoms with E-state index in [9.17, 15) is 61.5 Å². The predicted octanol–water partition coefficient (Wildman–Crippen LogP) is 9.67. The number of hydrogen-bond donors (Lipinski definition) is 0. The molecule has 5 rings (SSSR count). The molecule has 16 heteroatoms. The van der Waals surface area contributed by atoms with Crippen molar-refractivity contribution in [2.75, 3.05) is 0 Å². The van der Waals surface area contributed by atoms with E-state index in [-0.39, 0.29) is 21.8 Å². The molecule has 42 heavy (non-hydrogen) atoms. The maximum atomic E-state index is 14.8. The zero-order valence-corrected chi connectivity index (χ0v) is 20.0. The first-order chi connectivity index (χ1) is 19.1. The lowest BCUT2D eigenvalue weighted by Crippen LogP contribution is -2.53. The molecule has 0 atom stereocenters. The fourth-order valence-electron chi connectivity index (χ4n) is 4.54. The van der Waals surface area contributed by atoms with Crippen LogP contribution in [0.3, 0.4) is 0 Å². The lowest BCUT2D eigenvalue weighted by molar-refractivity contribution is -0.367. The Bertz CT molecular complexity index is 1740. The summed E-state index contributed by atoms with van der Waals surface area (Å²) in [6, 6.07) is 11.1. The van der Waals surface area contributed by atoms with Crippen LogP contribution in [0.5, 0.6) is 0 Å². The van der Waals surface area contributed by atoms with Gasteiger partial charge >= 0.3 is 36.0 Å². The number of benzene rings is 4. The fourth-order valence-corrected chi connectivity index (χ4v) is 4.54. The molecule has 0 radical (unpaired) electrons. The molecule has 4 aromatic carbocycles. The minimum absolute atomic E-state index is 0.186. The third-order valence-electron chi connectivity index (χ3n) is 6.64. The molecule has 0 aliphatic heterocycles. The second-order valence-corrected chi connectivity index (χ2v) is 9.19. The molecule has 0 N–H and O–H groups in total. The Morgan fingerprint density at radius 3 is 0.976 bits per heavy atom. The third-order valence-corrected chi connectivity index (χ3v) is 6.64. The second kappa shape index (κ2) is 8.77.